The monoisotopic (exact) mass is 194 g/mol. The Kier molecular flexibility index (Phi) is 6.59. The average Bonchev–Trinajstić information content (AvgIpc) is 2.14. The lowest BCUT2D eigenvalue weighted by molar-refractivity contribution is -0.190. The van der Waals surface area contributed by atoms with Crippen LogP contribution in [0, 0.1) is 0 Å². The van der Waals surface area contributed by atoms with Gasteiger partial charge in [0, 0.05) is 6.54 Å². The molecule has 3 atom stereocenters. The Morgan fingerprint density at radius 1 is 1.54 bits per heavy atom. The summed E-state index contributed by atoms with van der Waals surface area (Å²) in [5.74, 6) is 4.87. The molecule has 0 aliphatic heterocycles. The van der Waals surface area contributed by atoms with E-state index in [1.54, 1.807) is 0 Å². The second-order valence-corrected chi connectivity index (χ2v) is 2.36. The predicted octanol–water partition coefficient (Wildman–Crippen LogP) is -3.29. The fourth-order valence-electron chi connectivity index (χ4n) is 0.609. The van der Waals surface area contributed by atoms with Crippen LogP contribution in [-0.2, 0) is 9.53 Å². The van der Waals surface area contributed by atoms with Crippen molar-refractivity contribution in [2.45, 2.75) is 18.5 Å². The molecular formula is C6H14N2O5. The zero-order valence-electron chi connectivity index (χ0n) is 6.96. The lowest BCUT2D eigenvalue weighted by atomic mass is 10.3. The molecule has 0 aliphatic carbocycles. The summed E-state index contributed by atoms with van der Waals surface area (Å²) in [5.41, 5.74) is 2.12. The molecule has 0 aliphatic rings. The fourth-order valence-corrected chi connectivity index (χ4v) is 0.609. The van der Waals surface area contributed by atoms with Crippen molar-refractivity contribution >= 4 is 6.29 Å². The van der Waals surface area contributed by atoms with Crippen LogP contribution >= 0.6 is 0 Å². The van der Waals surface area contributed by atoms with Crippen LogP contribution in [0.5, 0.6) is 0 Å². The largest absolute Gasteiger partial charge is 0.393 e. The highest BCUT2D eigenvalue weighted by atomic mass is 16.6. The maximum absolute atomic E-state index is 10.1. The summed E-state index contributed by atoms with van der Waals surface area (Å²) in [5, 5.41) is 26.6. The van der Waals surface area contributed by atoms with E-state index in [1.807, 2.05) is 0 Å². The number of aliphatic hydroxyl groups excluding tert-OH is 3. The van der Waals surface area contributed by atoms with Gasteiger partial charge in [0.1, 0.15) is 12.2 Å². The van der Waals surface area contributed by atoms with Gasteiger partial charge in [0.05, 0.1) is 6.61 Å². The van der Waals surface area contributed by atoms with Crippen LogP contribution in [0.2, 0.25) is 0 Å². The van der Waals surface area contributed by atoms with Crippen LogP contribution in [0.4, 0.5) is 0 Å². The average molecular weight is 194 g/mol. The maximum Gasteiger partial charge on any atom is 0.183 e. The number of aliphatic hydroxyl groups is 3. The third kappa shape index (κ3) is 4.88. The lowest BCUT2D eigenvalue weighted by Gasteiger charge is -2.20. The molecule has 7 heteroatoms. The van der Waals surface area contributed by atoms with Gasteiger partial charge in [-0.25, -0.2) is 0 Å². The molecule has 7 nitrogen and oxygen atoms in total. The van der Waals surface area contributed by atoms with E-state index in [-0.39, 0.29) is 6.54 Å². The van der Waals surface area contributed by atoms with E-state index in [0.717, 1.165) is 0 Å². The first-order chi connectivity index (χ1) is 6.15. The Bertz CT molecular complexity index is 145. The van der Waals surface area contributed by atoms with Crippen molar-refractivity contribution in [1.82, 2.24) is 5.43 Å². The molecule has 0 aromatic heterocycles. The summed E-state index contributed by atoms with van der Waals surface area (Å²) in [6.07, 6.45) is -3.62. The Labute approximate surface area is 75.1 Å². The first kappa shape index (κ1) is 12.4. The summed E-state index contributed by atoms with van der Waals surface area (Å²) in [6.45, 7) is -0.637. The van der Waals surface area contributed by atoms with E-state index in [1.165, 1.54) is 0 Å². The van der Waals surface area contributed by atoms with E-state index >= 15 is 0 Å². The second-order valence-electron chi connectivity index (χ2n) is 2.36. The van der Waals surface area contributed by atoms with Crippen LogP contribution in [0.3, 0.4) is 0 Å². The minimum Gasteiger partial charge on any atom is -0.393 e. The summed E-state index contributed by atoms with van der Waals surface area (Å²) in [6, 6.07) is 0. The Morgan fingerprint density at radius 2 is 2.15 bits per heavy atom. The number of carbonyl (C=O) groups is 1. The molecule has 13 heavy (non-hydrogen) atoms. The molecule has 0 saturated carbocycles. The lowest BCUT2D eigenvalue weighted by Crippen LogP contribution is -2.42. The zero-order chi connectivity index (χ0) is 10.3. The Morgan fingerprint density at radius 3 is 2.54 bits per heavy atom. The van der Waals surface area contributed by atoms with Gasteiger partial charge in [-0.2, -0.15) is 0 Å². The Balaban J connectivity index is 3.82. The van der Waals surface area contributed by atoms with Crippen molar-refractivity contribution in [1.29, 1.82) is 0 Å². The molecule has 0 amide bonds. The van der Waals surface area contributed by atoms with Gasteiger partial charge in [0.25, 0.3) is 0 Å². The smallest absolute Gasteiger partial charge is 0.183 e. The second kappa shape index (κ2) is 6.89. The third-order valence-electron chi connectivity index (χ3n) is 1.30. The topological polar surface area (TPSA) is 125 Å². The molecule has 0 spiro atoms. The third-order valence-corrected chi connectivity index (χ3v) is 1.30. The van der Waals surface area contributed by atoms with Crippen molar-refractivity contribution in [3.8, 4) is 0 Å². The van der Waals surface area contributed by atoms with Gasteiger partial charge in [-0.3, -0.25) is 11.3 Å². The molecule has 0 radical (unpaired) electrons. The SMILES string of the molecule is NNC[C@@H](O)[C@H](O)OC(C=O)CO. The van der Waals surface area contributed by atoms with E-state index in [9.17, 15) is 4.79 Å². The number of hydrogen-bond acceptors (Lipinski definition) is 7. The molecule has 0 bridgehead atoms. The van der Waals surface area contributed by atoms with Crippen molar-refractivity contribution in [2.75, 3.05) is 13.2 Å². The highest BCUT2D eigenvalue weighted by Crippen LogP contribution is 1.98. The van der Waals surface area contributed by atoms with Crippen molar-refractivity contribution in [2.24, 2.45) is 5.84 Å². The van der Waals surface area contributed by atoms with Crippen LogP contribution in [0.1, 0.15) is 0 Å². The number of aldehydes is 1. The summed E-state index contributed by atoms with van der Waals surface area (Å²) >= 11 is 0. The molecule has 78 valence electrons. The number of ether oxygens (including phenoxy) is 1. The van der Waals surface area contributed by atoms with Crippen LogP contribution in [-0.4, -0.2) is 53.3 Å². The fraction of sp³-hybridized carbons (Fsp3) is 0.833. The van der Waals surface area contributed by atoms with Crippen LogP contribution in [0.25, 0.3) is 0 Å². The van der Waals surface area contributed by atoms with E-state index in [4.69, 9.17) is 21.2 Å². The summed E-state index contributed by atoms with van der Waals surface area (Å²) in [7, 11) is 0. The van der Waals surface area contributed by atoms with Crippen molar-refractivity contribution < 1.29 is 24.9 Å². The van der Waals surface area contributed by atoms with Gasteiger partial charge >= 0.3 is 0 Å². The number of nitrogens with two attached hydrogens (primary N) is 1. The van der Waals surface area contributed by atoms with Gasteiger partial charge in [-0.1, -0.05) is 0 Å². The zero-order valence-corrected chi connectivity index (χ0v) is 6.96. The molecular weight excluding hydrogens is 180 g/mol. The molecule has 0 saturated heterocycles. The van der Waals surface area contributed by atoms with Gasteiger partial charge in [-0.15, -0.1) is 0 Å². The van der Waals surface area contributed by atoms with Gasteiger partial charge < -0.3 is 24.9 Å². The first-order valence-corrected chi connectivity index (χ1v) is 3.67. The number of nitrogens with one attached hydrogen (secondary N) is 1. The molecule has 0 aromatic carbocycles. The number of hydrogen-bond donors (Lipinski definition) is 5. The highest BCUT2D eigenvalue weighted by molar-refractivity contribution is 5.56. The molecule has 0 rings (SSSR count). The number of carbonyl (C=O) groups excluding carboxylic acids is 1. The van der Waals surface area contributed by atoms with Crippen LogP contribution < -0.4 is 11.3 Å². The Hall–Kier alpha value is -0.570. The molecule has 1 unspecified atom stereocenters. The van der Waals surface area contributed by atoms with Gasteiger partial charge in [0.15, 0.2) is 12.6 Å². The van der Waals surface area contributed by atoms with Crippen molar-refractivity contribution in [3.63, 3.8) is 0 Å². The highest BCUT2D eigenvalue weighted by Gasteiger charge is 2.20. The van der Waals surface area contributed by atoms with E-state index in [0.29, 0.717) is 6.29 Å². The maximum atomic E-state index is 10.1. The van der Waals surface area contributed by atoms with Crippen molar-refractivity contribution in [3.05, 3.63) is 0 Å². The minimum atomic E-state index is -1.56. The number of rotatable bonds is 7. The summed E-state index contributed by atoms with van der Waals surface area (Å²) in [4.78, 5) is 10.1. The molecule has 0 heterocycles. The normalized spacial score (nSPS) is 17.8. The van der Waals surface area contributed by atoms with Gasteiger partial charge in [-0.05, 0) is 0 Å². The van der Waals surface area contributed by atoms with Gasteiger partial charge in [0.2, 0.25) is 0 Å². The number of hydrazine groups is 1. The predicted molar refractivity (Wildman–Crippen MR) is 42.2 cm³/mol. The first-order valence-electron chi connectivity index (χ1n) is 3.67. The van der Waals surface area contributed by atoms with E-state index < -0.39 is 25.1 Å². The van der Waals surface area contributed by atoms with Crippen LogP contribution in [0.15, 0.2) is 0 Å². The molecule has 0 aromatic rings. The standard InChI is InChI=1S/C6H14N2O5/c7-8-1-5(11)6(12)13-4(2-9)3-10/h2,4-6,8,10-12H,1,3,7H2/t4?,5-,6-/m1/s1. The quantitative estimate of drug-likeness (QED) is 0.124. The molecule has 0 fully saturated rings. The molecule has 6 N–H and O–H groups in total. The van der Waals surface area contributed by atoms with E-state index in [2.05, 4.69) is 10.2 Å². The minimum absolute atomic E-state index is 0.0851. The summed E-state index contributed by atoms with van der Waals surface area (Å²) < 4.78 is 4.56.